The summed E-state index contributed by atoms with van der Waals surface area (Å²) in [4.78, 5) is 24.0. The van der Waals surface area contributed by atoms with Gasteiger partial charge in [-0.05, 0) is 49.7 Å². The van der Waals surface area contributed by atoms with Crippen LogP contribution in [0.1, 0.15) is 45.6 Å². The summed E-state index contributed by atoms with van der Waals surface area (Å²) in [5.74, 6) is -0.257. The summed E-state index contributed by atoms with van der Waals surface area (Å²) >= 11 is 0. The normalized spacial score (nSPS) is 22.3. The van der Waals surface area contributed by atoms with Crippen LogP contribution in [0.2, 0.25) is 0 Å². The number of esters is 2. The van der Waals surface area contributed by atoms with Crippen LogP contribution in [0.4, 0.5) is 0 Å². The third-order valence-corrected chi connectivity index (χ3v) is 6.75. The average molecular weight is 426 g/mol. The molecule has 0 spiro atoms. The summed E-state index contributed by atoms with van der Waals surface area (Å²) in [6, 6.07) is 6.24. The second kappa shape index (κ2) is 10.2. The maximum absolute atomic E-state index is 12.2. The zero-order valence-electron chi connectivity index (χ0n) is 17.5. The molecular formula is C21H31NO6S. The number of carbonyl (C=O) groups excluding carboxylic acids is 2. The molecule has 0 radical (unpaired) electrons. The molecule has 0 heterocycles. The summed E-state index contributed by atoms with van der Waals surface area (Å²) in [5, 5.41) is 0. The van der Waals surface area contributed by atoms with E-state index >= 15 is 0 Å². The summed E-state index contributed by atoms with van der Waals surface area (Å²) in [6.45, 7) is 7.12. The molecule has 0 saturated heterocycles. The first-order valence-corrected chi connectivity index (χ1v) is 11.5. The molecule has 1 aromatic rings. The van der Waals surface area contributed by atoms with Crippen LogP contribution in [0.15, 0.2) is 29.2 Å². The van der Waals surface area contributed by atoms with Gasteiger partial charge < -0.3 is 9.47 Å². The zero-order valence-corrected chi connectivity index (χ0v) is 18.3. The second-order valence-electron chi connectivity index (χ2n) is 8.15. The van der Waals surface area contributed by atoms with E-state index in [0.717, 1.165) is 24.8 Å². The van der Waals surface area contributed by atoms with Crippen LogP contribution in [0.3, 0.4) is 0 Å². The van der Waals surface area contributed by atoms with Crippen LogP contribution in [-0.2, 0) is 29.1 Å². The van der Waals surface area contributed by atoms with E-state index in [1.54, 1.807) is 12.1 Å². The van der Waals surface area contributed by atoms with Gasteiger partial charge in [-0.2, -0.15) is 4.72 Å². The molecule has 3 atom stereocenters. The Kier molecular flexibility index (Phi) is 8.22. The molecular weight excluding hydrogens is 394 g/mol. The van der Waals surface area contributed by atoms with Gasteiger partial charge in [0.25, 0.3) is 0 Å². The Bertz CT molecular complexity index is 803. The Hall–Kier alpha value is -1.93. The molecule has 1 N–H and O–H groups in total. The molecule has 1 aliphatic carbocycles. The number of aryl methyl sites for hydroxylation is 1. The molecule has 0 bridgehead atoms. The highest BCUT2D eigenvalue weighted by atomic mass is 32.2. The van der Waals surface area contributed by atoms with Gasteiger partial charge in [-0.25, -0.2) is 13.2 Å². The number of carbonyl (C=O) groups is 2. The highest BCUT2D eigenvalue weighted by Gasteiger charge is 2.33. The Morgan fingerprint density at radius 3 is 2.41 bits per heavy atom. The molecule has 162 valence electrons. The van der Waals surface area contributed by atoms with Crippen LogP contribution >= 0.6 is 0 Å². The van der Waals surface area contributed by atoms with Crippen LogP contribution < -0.4 is 4.72 Å². The minimum atomic E-state index is -3.82. The highest BCUT2D eigenvalue weighted by molar-refractivity contribution is 7.89. The maximum Gasteiger partial charge on any atom is 0.344 e. The van der Waals surface area contributed by atoms with E-state index in [0.29, 0.717) is 17.8 Å². The number of rotatable bonds is 8. The fourth-order valence-corrected chi connectivity index (χ4v) is 4.57. The Balaban J connectivity index is 1.79. The molecule has 0 amide bonds. The molecule has 8 heteroatoms. The van der Waals surface area contributed by atoms with Gasteiger partial charge in [-0.15, -0.1) is 0 Å². The summed E-state index contributed by atoms with van der Waals surface area (Å²) in [6.07, 6.45) is 2.76. The van der Waals surface area contributed by atoms with E-state index in [9.17, 15) is 18.0 Å². The number of hydrogen-bond acceptors (Lipinski definition) is 6. The van der Waals surface area contributed by atoms with Crippen molar-refractivity contribution in [2.24, 2.45) is 17.8 Å². The molecule has 0 aromatic heterocycles. The van der Waals surface area contributed by atoms with Crippen molar-refractivity contribution in [3.8, 4) is 0 Å². The van der Waals surface area contributed by atoms with E-state index in [-0.39, 0.29) is 11.0 Å². The lowest BCUT2D eigenvalue weighted by Gasteiger charge is -2.36. The van der Waals surface area contributed by atoms with Gasteiger partial charge >= 0.3 is 11.9 Å². The van der Waals surface area contributed by atoms with Gasteiger partial charge in [-0.1, -0.05) is 44.9 Å². The average Bonchev–Trinajstić information content (AvgIpc) is 2.65. The first-order valence-electron chi connectivity index (χ1n) is 10.00. The van der Waals surface area contributed by atoms with Crippen LogP contribution in [0.25, 0.3) is 0 Å². The van der Waals surface area contributed by atoms with Crippen molar-refractivity contribution < 1.29 is 27.5 Å². The first-order chi connectivity index (χ1) is 13.6. The third kappa shape index (κ3) is 7.12. The van der Waals surface area contributed by atoms with Crippen molar-refractivity contribution in [3.63, 3.8) is 0 Å². The molecule has 29 heavy (non-hydrogen) atoms. The van der Waals surface area contributed by atoms with Crippen molar-refractivity contribution in [2.45, 2.75) is 58.0 Å². The molecule has 2 rings (SSSR count). The molecule has 1 aliphatic rings. The van der Waals surface area contributed by atoms with Gasteiger partial charge in [0.1, 0.15) is 12.6 Å². The topological polar surface area (TPSA) is 98.8 Å². The van der Waals surface area contributed by atoms with E-state index < -0.39 is 35.1 Å². The minimum Gasteiger partial charge on any atom is -0.460 e. The van der Waals surface area contributed by atoms with Crippen LogP contribution in [0, 0.1) is 24.7 Å². The Labute approximate surface area is 173 Å². The largest absolute Gasteiger partial charge is 0.460 e. The lowest BCUT2D eigenvalue weighted by molar-refractivity contribution is -0.166. The zero-order chi connectivity index (χ0) is 21.6. The molecule has 1 saturated carbocycles. The number of benzene rings is 1. The van der Waals surface area contributed by atoms with E-state index in [2.05, 4.69) is 25.5 Å². The van der Waals surface area contributed by atoms with Crippen LogP contribution in [-0.4, -0.2) is 39.6 Å². The fraction of sp³-hybridized carbons (Fsp3) is 0.619. The lowest BCUT2D eigenvalue weighted by atomic mass is 9.75. The van der Waals surface area contributed by atoms with Gasteiger partial charge in [0.2, 0.25) is 10.0 Å². The predicted octanol–water partition coefficient (Wildman–Crippen LogP) is 2.82. The molecule has 1 aromatic carbocycles. The fourth-order valence-electron chi connectivity index (χ4n) is 3.60. The Morgan fingerprint density at radius 1 is 1.14 bits per heavy atom. The third-order valence-electron chi connectivity index (χ3n) is 5.33. The summed E-state index contributed by atoms with van der Waals surface area (Å²) < 4.78 is 36.9. The maximum atomic E-state index is 12.2. The van der Waals surface area contributed by atoms with E-state index in [4.69, 9.17) is 9.47 Å². The van der Waals surface area contributed by atoms with Gasteiger partial charge in [0, 0.05) is 0 Å². The number of hydrogen-bond donors (Lipinski definition) is 1. The van der Waals surface area contributed by atoms with Gasteiger partial charge in [0.05, 0.1) is 4.90 Å². The molecule has 7 nitrogen and oxygen atoms in total. The quantitative estimate of drug-likeness (QED) is 0.643. The summed E-state index contributed by atoms with van der Waals surface area (Å²) in [5.41, 5.74) is 0.925. The highest BCUT2D eigenvalue weighted by Crippen LogP contribution is 2.35. The first kappa shape index (κ1) is 23.3. The molecule has 0 unspecified atom stereocenters. The SMILES string of the molecule is Cc1ccc(S(=O)(=O)NCC(=O)OCC(=O)O[C@@H]2C[C@H](C)CC[C@H]2C(C)C)cc1. The van der Waals surface area contributed by atoms with Crippen molar-refractivity contribution in [1.82, 2.24) is 4.72 Å². The van der Waals surface area contributed by atoms with E-state index in [1.165, 1.54) is 12.1 Å². The number of nitrogens with one attached hydrogen (secondary N) is 1. The standard InChI is InChI=1S/C21H31NO6S/c1-14(2)18-10-7-16(4)11-19(18)28-21(24)13-27-20(23)12-22-29(25,26)17-8-5-15(3)6-9-17/h5-6,8-9,14,16,18-19,22H,7,10-13H2,1-4H3/t16-,18+,19-/m1/s1. The lowest BCUT2D eigenvalue weighted by Crippen LogP contribution is -2.37. The number of ether oxygens (including phenoxy) is 2. The Morgan fingerprint density at radius 2 is 1.79 bits per heavy atom. The monoisotopic (exact) mass is 425 g/mol. The molecule has 0 aliphatic heterocycles. The molecule has 1 fully saturated rings. The van der Waals surface area contributed by atoms with Crippen molar-refractivity contribution in [2.75, 3.05) is 13.2 Å². The second-order valence-corrected chi connectivity index (χ2v) is 9.92. The van der Waals surface area contributed by atoms with Crippen molar-refractivity contribution >= 4 is 22.0 Å². The number of sulfonamides is 1. The minimum absolute atomic E-state index is 0.0569. The van der Waals surface area contributed by atoms with Crippen LogP contribution in [0.5, 0.6) is 0 Å². The summed E-state index contributed by atoms with van der Waals surface area (Å²) in [7, 11) is -3.82. The van der Waals surface area contributed by atoms with Crippen molar-refractivity contribution in [3.05, 3.63) is 29.8 Å². The van der Waals surface area contributed by atoms with E-state index in [1.807, 2.05) is 6.92 Å². The van der Waals surface area contributed by atoms with Gasteiger partial charge in [0.15, 0.2) is 6.61 Å². The predicted molar refractivity (Wildman–Crippen MR) is 109 cm³/mol. The van der Waals surface area contributed by atoms with Gasteiger partial charge in [-0.3, -0.25) is 4.79 Å². The van der Waals surface area contributed by atoms with Crippen molar-refractivity contribution in [1.29, 1.82) is 0 Å². The smallest absolute Gasteiger partial charge is 0.344 e.